The average Bonchev–Trinajstić information content (AvgIpc) is 2.82. The summed E-state index contributed by atoms with van der Waals surface area (Å²) in [4.78, 5) is 12.5. The van der Waals surface area contributed by atoms with E-state index in [4.69, 9.17) is 16.3 Å². The largest absolute Gasteiger partial charge is 0.489 e. The average molecular weight is 431 g/mol. The summed E-state index contributed by atoms with van der Waals surface area (Å²) in [6, 6.07) is 26.6. The van der Waals surface area contributed by atoms with Gasteiger partial charge in [-0.1, -0.05) is 60.1 Å². The fourth-order valence-corrected chi connectivity index (χ4v) is 3.00. The monoisotopic (exact) mass is 430 g/mol. The van der Waals surface area contributed by atoms with Crippen LogP contribution in [0.4, 0.5) is 5.69 Å². The van der Waals surface area contributed by atoms with Crippen LogP contribution in [0.15, 0.2) is 101 Å². The van der Waals surface area contributed by atoms with E-state index in [9.17, 15) is 4.79 Å². The lowest BCUT2D eigenvalue weighted by atomic mass is 10.2. The first-order valence-corrected chi connectivity index (χ1v) is 9.97. The van der Waals surface area contributed by atoms with E-state index >= 15 is 0 Å². The number of para-hydroxylation sites is 1. The highest BCUT2D eigenvalue weighted by Gasteiger charge is 2.09. The molecule has 0 aliphatic carbocycles. The lowest BCUT2D eigenvalue weighted by Crippen LogP contribution is -2.22. The Morgan fingerprint density at radius 2 is 1.65 bits per heavy atom. The van der Waals surface area contributed by atoms with Gasteiger partial charge < -0.3 is 4.74 Å². The molecule has 31 heavy (non-hydrogen) atoms. The highest BCUT2D eigenvalue weighted by molar-refractivity contribution is 6.32. The minimum atomic E-state index is -0.423. The van der Waals surface area contributed by atoms with Gasteiger partial charge in [0.25, 0.3) is 5.56 Å². The van der Waals surface area contributed by atoms with E-state index in [1.165, 1.54) is 10.9 Å². The van der Waals surface area contributed by atoms with Crippen LogP contribution in [0.1, 0.15) is 11.1 Å². The van der Waals surface area contributed by atoms with Gasteiger partial charge in [-0.05, 0) is 47.5 Å². The first-order chi connectivity index (χ1) is 15.2. The zero-order valence-electron chi connectivity index (χ0n) is 16.5. The molecule has 0 saturated heterocycles. The number of rotatable bonds is 7. The van der Waals surface area contributed by atoms with Crippen molar-refractivity contribution in [2.24, 2.45) is 5.10 Å². The number of benzene rings is 3. The maximum atomic E-state index is 12.5. The predicted octanol–water partition coefficient (Wildman–Crippen LogP) is 4.91. The van der Waals surface area contributed by atoms with Gasteiger partial charge in [-0.25, -0.2) is 0 Å². The molecule has 0 unspecified atom stereocenters. The van der Waals surface area contributed by atoms with Gasteiger partial charge in [0, 0.05) is 0 Å². The highest BCUT2D eigenvalue weighted by atomic mass is 35.5. The van der Waals surface area contributed by atoms with Crippen LogP contribution < -0.4 is 15.7 Å². The molecule has 1 N–H and O–H groups in total. The van der Waals surface area contributed by atoms with Gasteiger partial charge in [-0.2, -0.15) is 14.9 Å². The van der Waals surface area contributed by atoms with Crippen LogP contribution >= 0.6 is 11.6 Å². The van der Waals surface area contributed by atoms with Crippen LogP contribution in [-0.2, 0) is 6.61 Å². The summed E-state index contributed by atoms with van der Waals surface area (Å²) in [5.74, 6) is 0.769. The van der Waals surface area contributed by atoms with Crippen LogP contribution in [-0.4, -0.2) is 16.0 Å². The molecule has 0 fully saturated rings. The van der Waals surface area contributed by atoms with Crippen LogP contribution in [0.2, 0.25) is 5.02 Å². The summed E-state index contributed by atoms with van der Waals surface area (Å²) in [5, 5.41) is 8.32. The number of hydrogen-bond acceptors (Lipinski definition) is 5. The zero-order valence-corrected chi connectivity index (χ0v) is 17.2. The summed E-state index contributed by atoms with van der Waals surface area (Å²) in [6.07, 6.45) is 3.09. The number of ether oxygens (including phenoxy) is 1. The molecular formula is C24H19ClN4O2. The summed E-state index contributed by atoms with van der Waals surface area (Å²) in [7, 11) is 0. The van der Waals surface area contributed by atoms with Gasteiger partial charge in [0.05, 0.1) is 18.1 Å². The molecule has 154 valence electrons. The second-order valence-corrected chi connectivity index (χ2v) is 7.02. The maximum Gasteiger partial charge on any atom is 0.292 e. The van der Waals surface area contributed by atoms with E-state index in [0.717, 1.165) is 16.9 Å². The molecule has 0 bridgehead atoms. The van der Waals surface area contributed by atoms with Crippen LogP contribution in [0.3, 0.4) is 0 Å². The molecule has 7 heteroatoms. The standard InChI is InChI=1S/C24H19ClN4O2/c25-23-22(16-27-29(24(23)30)20-9-5-2-6-10-20)28-26-15-18-11-13-21(14-12-18)31-17-19-7-3-1-4-8-19/h1-16,28H,17H2/b26-15-. The van der Waals surface area contributed by atoms with E-state index in [2.05, 4.69) is 15.6 Å². The van der Waals surface area contributed by atoms with E-state index in [1.54, 1.807) is 18.3 Å². The molecule has 0 aliphatic rings. The molecule has 0 atom stereocenters. The minimum Gasteiger partial charge on any atom is -0.489 e. The van der Waals surface area contributed by atoms with Crippen LogP contribution in [0.25, 0.3) is 5.69 Å². The second-order valence-electron chi connectivity index (χ2n) is 6.64. The smallest absolute Gasteiger partial charge is 0.292 e. The van der Waals surface area contributed by atoms with Gasteiger partial charge >= 0.3 is 0 Å². The SMILES string of the molecule is O=c1c(Cl)c(N/N=C\c2ccc(OCc3ccccc3)cc2)cnn1-c1ccccc1. The highest BCUT2D eigenvalue weighted by Crippen LogP contribution is 2.17. The number of hydrogen-bond donors (Lipinski definition) is 1. The molecule has 4 aromatic rings. The van der Waals surface area contributed by atoms with Crippen molar-refractivity contribution in [2.75, 3.05) is 5.43 Å². The van der Waals surface area contributed by atoms with Gasteiger partial charge in [-0.3, -0.25) is 10.2 Å². The van der Waals surface area contributed by atoms with Crippen molar-refractivity contribution in [1.29, 1.82) is 0 Å². The topological polar surface area (TPSA) is 68.5 Å². The summed E-state index contributed by atoms with van der Waals surface area (Å²) in [5.41, 5.74) is 5.29. The quantitative estimate of drug-likeness (QED) is 0.334. The Balaban J connectivity index is 1.38. The van der Waals surface area contributed by atoms with Crippen molar-refractivity contribution in [3.63, 3.8) is 0 Å². The Labute approximate surface area is 184 Å². The third-order valence-corrected chi connectivity index (χ3v) is 4.81. The predicted molar refractivity (Wildman–Crippen MR) is 123 cm³/mol. The Bertz CT molecular complexity index is 1220. The Morgan fingerprint density at radius 3 is 2.35 bits per heavy atom. The van der Waals surface area contributed by atoms with Gasteiger partial charge in [0.1, 0.15) is 23.1 Å². The summed E-state index contributed by atoms with van der Waals surface area (Å²) in [6.45, 7) is 0.510. The maximum absolute atomic E-state index is 12.5. The Hall–Kier alpha value is -3.90. The summed E-state index contributed by atoms with van der Waals surface area (Å²) >= 11 is 6.21. The second kappa shape index (κ2) is 9.73. The molecule has 4 rings (SSSR count). The summed E-state index contributed by atoms with van der Waals surface area (Å²) < 4.78 is 7.02. The third kappa shape index (κ3) is 5.18. The van der Waals surface area contributed by atoms with Crippen molar-refractivity contribution in [1.82, 2.24) is 9.78 Å². The van der Waals surface area contributed by atoms with Crippen molar-refractivity contribution < 1.29 is 4.74 Å². The molecule has 0 saturated carbocycles. The number of halogens is 1. The van der Waals surface area contributed by atoms with E-state index < -0.39 is 5.56 Å². The fraction of sp³-hybridized carbons (Fsp3) is 0.0417. The molecule has 0 amide bonds. The van der Waals surface area contributed by atoms with Crippen molar-refractivity contribution in [3.8, 4) is 11.4 Å². The molecule has 0 spiro atoms. The normalized spacial score (nSPS) is 10.9. The molecule has 0 aliphatic heterocycles. The van der Waals surface area contributed by atoms with Gasteiger partial charge in [-0.15, -0.1) is 0 Å². The van der Waals surface area contributed by atoms with Crippen molar-refractivity contribution in [3.05, 3.63) is 118 Å². The molecule has 0 radical (unpaired) electrons. The van der Waals surface area contributed by atoms with Crippen molar-refractivity contribution in [2.45, 2.75) is 6.61 Å². The fourth-order valence-electron chi connectivity index (χ4n) is 2.83. The molecular weight excluding hydrogens is 412 g/mol. The number of hydrazone groups is 1. The van der Waals surface area contributed by atoms with Gasteiger partial charge in [0.15, 0.2) is 0 Å². The van der Waals surface area contributed by atoms with Crippen LogP contribution in [0.5, 0.6) is 5.75 Å². The van der Waals surface area contributed by atoms with E-state index in [-0.39, 0.29) is 5.02 Å². The van der Waals surface area contributed by atoms with Gasteiger partial charge in [0.2, 0.25) is 0 Å². The first kappa shape index (κ1) is 20.4. The van der Waals surface area contributed by atoms with Crippen molar-refractivity contribution >= 4 is 23.5 Å². The molecule has 1 aromatic heterocycles. The number of nitrogens with one attached hydrogen (secondary N) is 1. The first-order valence-electron chi connectivity index (χ1n) is 9.60. The lowest BCUT2D eigenvalue weighted by molar-refractivity contribution is 0.306. The van der Waals surface area contributed by atoms with E-state index in [1.807, 2.05) is 72.8 Å². The zero-order chi connectivity index (χ0) is 21.5. The van der Waals surface area contributed by atoms with E-state index in [0.29, 0.717) is 18.0 Å². The Morgan fingerprint density at radius 1 is 0.968 bits per heavy atom. The molecule has 1 heterocycles. The number of anilines is 1. The minimum absolute atomic E-state index is 0.0145. The number of aromatic nitrogens is 2. The van der Waals surface area contributed by atoms with Crippen LogP contribution in [0, 0.1) is 0 Å². The Kier molecular flexibility index (Phi) is 6.40. The molecule has 3 aromatic carbocycles. The number of nitrogens with zero attached hydrogens (tertiary/aromatic N) is 3. The lowest BCUT2D eigenvalue weighted by Gasteiger charge is -2.08. The third-order valence-electron chi connectivity index (χ3n) is 4.45. The molecule has 6 nitrogen and oxygen atoms in total.